The van der Waals surface area contributed by atoms with Crippen LogP contribution in [0.3, 0.4) is 0 Å². The Labute approximate surface area is 224 Å². The lowest BCUT2D eigenvalue weighted by Gasteiger charge is -2.31. The summed E-state index contributed by atoms with van der Waals surface area (Å²) < 4.78 is 45.5. The topological polar surface area (TPSA) is 105 Å². The maximum Gasteiger partial charge on any atom is 0.332 e. The second-order valence-electron chi connectivity index (χ2n) is 10.0. The molecule has 1 N–H and O–H groups in total. The maximum absolute atomic E-state index is 14.0. The van der Waals surface area contributed by atoms with E-state index in [9.17, 15) is 22.4 Å². The third kappa shape index (κ3) is 4.25. The number of rotatable bonds is 7. The van der Waals surface area contributed by atoms with Crippen LogP contribution in [0.4, 0.5) is 3.89 Å². The summed E-state index contributed by atoms with van der Waals surface area (Å²) in [5.41, 5.74) is 3.49. The van der Waals surface area contributed by atoms with E-state index in [0.29, 0.717) is 56.5 Å². The van der Waals surface area contributed by atoms with Gasteiger partial charge in [-0.3, -0.25) is 4.79 Å². The van der Waals surface area contributed by atoms with E-state index in [4.69, 9.17) is 4.74 Å². The van der Waals surface area contributed by atoms with E-state index in [1.807, 2.05) is 13.0 Å². The predicted octanol–water partition coefficient (Wildman–Crippen LogP) is 6.74. The molecule has 0 saturated heterocycles. The molecule has 3 aromatic carbocycles. The Bertz CT molecular complexity index is 1980. The molecule has 0 radical (unpaired) electrons. The number of benzene rings is 3. The van der Waals surface area contributed by atoms with Crippen molar-refractivity contribution < 1.29 is 17.0 Å². The van der Waals surface area contributed by atoms with Crippen LogP contribution in [0.5, 0.6) is 5.75 Å². The molecule has 0 spiro atoms. The van der Waals surface area contributed by atoms with Gasteiger partial charge >= 0.3 is 10.2 Å². The van der Waals surface area contributed by atoms with E-state index in [2.05, 4.69) is 15.6 Å². The van der Waals surface area contributed by atoms with Gasteiger partial charge in [0.05, 0.1) is 39.4 Å². The number of hydrogen-bond donors (Lipinski definition) is 1. The molecule has 198 valence electrons. The van der Waals surface area contributed by atoms with Gasteiger partial charge in [-0.25, -0.2) is 0 Å². The zero-order chi connectivity index (χ0) is 27.3. The van der Waals surface area contributed by atoms with Crippen molar-refractivity contribution in [2.24, 2.45) is 0 Å². The van der Waals surface area contributed by atoms with Gasteiger partial charge in [0.15, 0.2) is 5.43 Å². The largest absolute Gasteiger partial charge is 0.493 e. The van der Waals surface area contributed by atoms with Crippen LogP contribution in [0.1, 0.15) is 50.6 Å². The van der Waals surface area contributed by atoms with Crippen LogP contribution in [0.2, 0.25) is 0 Å². The van der Waals surface area contributed by atoms with E-state index in [0.717, 1.165) is 37.5 Å². The molecule has 2 heterocycles. The van der Waals surface area contributed by atoms with E-state index >= 15 is 0 Å². The summed E-state index contributed by atoms with van der Waals surface area (Å²) in [6.45, 7) is 2.46. The van der Waals surface area contributed by atoms with Gasteiger partial charge in [-0.1, -0.05) is 31.5 Å². The number of pyridine rings is 1. The van der Waals surface area contributed by atoms with Gasteiger partial charge in [0.1, 0.15) is 11.4 Å². The number of aromatic amines is 1. The van der Waals surface area contributed by atoms with Crippen molar-refractivity contribution >= 4 is 43.1 Å². The van der Waals surface area contributed by atoms with Crippen molar-refractivity contribution in [3.8, 4) is 22.9 Å². The molecule has 0 amide bonds. The first-order chi connectivity index (χ1) is 18.8. The first-order valence-electron chi connectivity index (χ1n) is 13.1. The third-order valence-corrected chi connectivity index (χ3v) is 8.42. The van der Waals surface area contributed by atoms with Gasteiger partial charge < -0.3 is 14.3 Å². The van der Waals surface area contributed by atoms with Crippen molar-refractivity contribution in [3.63, 3.8) is 0 Å². The molecule has 1 fully saturated rings. The minimum Gasteiger partial charge on any atom is -0.493 e. The van der Waals surface area contributed by atoms with Crippen LogP contribution in [-0.4, -0.2) is 24.6 Å². The molecule has 6 rings (SSSR count). The minimum absolute atomic E-state index is 0.154. The Balaban J connectivity index is 1.70. The number of fused-ring (bicyclic) bond motifs is 4. The summed E-state index contributed by atoms with van der Waals surface area (Å²) in [5, 5.41) is 11.2. The predicted molar refractivity (Wildman–Crippen MR) is 149 cm³/mol. The fraction of sp³-hybridized carbons (Fsp3) is 0.267. The number of nitrogens with zero attached hydrogens (tertiary/aromatic N) is 2. The standard InChI is InChI=1S/C30H26FN3O4S/c1-2-3-12-38-27-16-24-26(15-23(27)19-6-4-9-21(14-19)39(31,36)37)34(20-7-5-8-20)30-28(29(24)35)22-11-10-18(17-32)13-25(22)33-30/h4,6,9-11,13-16,20,33H,2-3,5,7-8,12H2,1H3. The van der Waals surface area contributed by atoms with Gasteiger partial charge in [0.2, 0.25) is 0 Å². The van der Waals surface area contributed by atoms with E-state index in [-0.39, 0.29) is 11.5 Å². The lowest BCUT2D eigenvalue weighted by Crippen LogP contribution is -2.21. The Morgan fingerprint density at radius 1 is 1.13 bits per heavy atom. The van der Waals surface area contributed by atoms with Crippen molar-refractivity contribution in [2.75, 3.05) is 6.61 Å². The van der Waals surface area contributed by atoms with E-state index in [1.54, 1.807) is 30.3 Å². The fourth-order valence-corrected chi connectivity index (χ4v) is 5.89. The molecule has 0 unspecified atom stereocenters. The fourth-order valence-electron chi connectivity index (χ4n) is 5.38. The lowest BCUT2D eigenvalue weighted by molar-refractivity contribution is 0.310. The lowest BCUT2D eigenvalue weighted by atomic mass is 9.91. The summed E-state index contributed by atoms with van der Waals surface area (Å²) in [6, 6.07) is 16.9. The number of H-pyrrole nitrogens is 1. The normalized spacial score (nSPS) is 14.1. The molecule has 0 aliphatic heterocycles. The zero-order valence-electron chi connectivity index (χ0n) is 21.3. The smallest absolute Gasteiger partial charge is 0.332 e. The number of nitrogens with one attached hydrogen (secondary N) is 1. The molecule has 1 aliphatic carbocycles. The van der Waals surface area contributed by atoms with Gasteiger partial charge in [0.25, 0.3) is 0 Å². The van der Waals surface area contributed by atoms with Gasteiger partial charge in [0, 0.05) is 22.5 Å². The minimum atomic E-state index is -4.91. The molecule has 7 nitrogen and oxygen atoms in total. The van der Waals surface area contributed by atoms with Crippen molar-refractivity contribution in [1.29, 1.82) is 5.26 Å². The van der Waals surface area contributed by atoms with E-state index < -0.39 is 15.1 Å². The molecule has 1 saturated carbocycles. The Kier molecular flexibility index (Phi) is 6.15. The van der Waals surface area contributed by atoms with Gasteiger partial charge in [-0.15, -0.1) is 3.89 Å². The summed E-state index contributed by atoms with van der Waals surface area (Å²) in [5.74, 6) is 0.438. The highest BCUT2D eigenvalue weighted by Crippen LogP contribution is 2.41. The quantitative estimate of drug-likeness (QED) is 0.181. The number of unbranched alkanes of at least 4 members (excludes halogenated alkanes) is 1. The Hall–Kier alpha value is -4.16. The number of ether oxygens (including phenoxy) is 1. The number of nitriles is 1. The summed E-state index contributed by atoms with van der Waals surface area (Å²) in [4.78, 5) is 17.0. The number of halogens is 1. The Morgan fingerprint density at radius 3 is 2.64 bits per heavy atom. The molecule has 0 atom stereocenters. The summed E-state index contributed by atoms with van der Waals surface area (Å²) >= 11 is 0. The highest BCUT2D eigenvalue weighted by molar-refractivity contribution is 7.86. The third-order valence-electron chi connectivity index (χ3n) is 7.60. The molecule has 5 aromatic rings. The van der Waals surface area contributed by atoms with Crippen molar-refractivity contribution in [1.82, 2.24) is 9.55 Å². The zero-order valence-corrected chi connectivity index (χ0v) is 22.1. The summed E-state index contributed by atoms with van der Waals surface area (Å²) in [6.07, 6.45) is 4.68. The Morgan fingerprint density at radius 2 is 1.95 bits per heavy atom. The molecule has 2 aromatic heterocycles. The van der Waals surface area contributed by atoms with Crippen LogP contribution < -0.4 is 10.2 Å². The molecule has 0 bridgehead atoms. The van der Waals surface area contributed by atoms with Crippen LogP contribution in [0.25, 0.3) is 44.0 Å². The van der Waals surface area contributed by atoms with Gasteiger partial charge in [-0.05, 0) is 67.6 Å². The molecule has 1 aliphatic rings. The van der Waals surface area contributed by atoms with Crippen LogP contribution in [0, 0.1) is 11.3 Å². The molecule has 9 heteroatoms. The second-order valence-corrected chi connectivity index (χ2v) is 11.4. The van der Waals surface area contributed by atoms with Crippen molar-refractivity contribution in [2.45, 2.75) is 50.0 Å². The first-order valence-corrected chi connectivity index (χ1v) is 14.4. The number of aromatic nitrogens is 2. The average molecular weight is 544 g/mol. The van der Waals surface area contributed by atoms with Crippen molar-refractivity contribution in [3.05, 3.63) is 70.4 Å². The highest BCUT2D eigenvalue weighted by atomic mass is 32.3. The number of hydrogen-bond acceptors (Lipinski definition) is 5. The second kappa shape index (κ2) is 9.54. The first kappa shape index (κ1) is 25.1. The highest BCUT2D eigenvalue weighted by Gasteiger charge is 2.27. The van der Waals surface area contributed by atoms with Gasteiger partial charge in [-0.2, -0.15) is 13.7 Å². The molecular formula is C30H26FN3O4S. The SMILES string of the molecule is CCCCOc1cc2c(=O)c3c4ccc(C#N)cc4[nH]c3n(C3CCC3)c2cc1-c1cccc(S(=O)(=O)F)c1. The van der Waals surface area contributed by atoms with Crippen LogP contribution >= 0.6 is 0 Å². The maximum atomic E-state index is 14.0. The molecule has 39 heavy (non-hydrogen) atoms. The average Bonchev–Trinajstić information content (AvgIpc) is 3.28. The monoisotopic (exact) mass is 543 g/mol. The van der Waals surface area contributed by atoms with Crippen LogP contribution in [-0.2, 0) is 10.2 Å². The van der Waals surface area contributed by atoms with E-state index in [1.165, 1.54) is 18.2 Å². The summed E-state index contributed by atoms with van der Waals surface area (Å²) in [7, 11) is -4.91. The molecular weight excluding hydrogens is 517 g/mol. The van der Waals surface area contributed by atoms with Crippen LogP contribution in [0.15, 0.2) is 64.3 Å².